The molecule has 0 saturated heterocycles. The number of hydrogen-bond acceptors (Lipinski definition) is 3. The first-order valence-corrected chi connectivity index (χ1v) is 6.45. The SMILES string of the molecule is O=C(CO)C1(C(=O)c2ccccc2)CCCCC1. The number of rotatable bonds is 4. The molecule has 0 bridgehead atoms. The third-order valence-corrected chi connectivity index (χ3v) is 3.86. The lowest BCUT2D eigenvalue weighted by Gasteiger charge is -2.33. The van der Waals surface area contributed by atoms with Crippen molar-refractivity contribution in [3.8, 4) is 0 Å². The van der Waals surface area contributed by atoms with E-state index in [4.69, 9.17) is 5.11 Å². The Balaban J connectivity index is 2.35. The molecule has 0 aromatic heterocycles. The van der Waals surface area contributed by atoms with E-state index in [0.717, 1.165) is 19.3 Å². The molecule has 1 aromatic carbocycles. The molecule has 1 saturated carbocycles. The normalized spacial score (nSPS) is 18.3. The van der Waals surface area contributed by atoms with Crippen LogP contribution in [-0.4, -0.2) is 23.3 Å². The van der Waals surface area contributed by atoms with Gasteiger partial charge in [0.25, 0.3) is 0 Å². The van der Waals surface area contributed by atoms with E-state index in [1.807, 2.05) is 6.07 Å². The molecule has 3 heteroatoms. The molecule has 0 atom stereocenters. The highest BCUT2D eigenvalue weighted by atomic mass is 16.3. The van der Waals surface area contributed by atoms with Crippen molar-refractivity contribution in [2.45, 2.75) is 32.1 Å². The average Bonchev–Trinajstić information content (AvgIpc) is 2.47. The van der Waals surface area contributed by atoms with Gasteiger partial charge >= 0.3 is 0 Å². The van der Waals surface area contributed by atoms with E-state index < -0.39 is 12.0 Å². The smallest absolute Gasteiger partial charge is 0.176 e. The summed E-state index contributed by atoms with van der Waals surface area (Å²) in [5.41, 5.74) is -0.407. The fourth-order valence-electron chi connectivity index (χ4n) is 2.81. The third-order valence-electron chi connectivity index (χ3n) is 3.86. The Morgan fingerprint density at radius 3 is 2.22 bits per heavy atom. The monoisotopic (exact) mass is 246 g/mol. The summed E-state index contributed by atoms with van der Waals surface area (Å²) in [6.45, 7) is -0.543. The molecular formula is C15H18O3. The predicted octanol–water partition coefficient (Wildman–Crippen LogP) is 2.38. The highest BCUT2D eigenvalue weighted by molar-refractivity contribution is 6.14. The zero-order valence-electron chi connectivity index (χ0n) is 10.4. The second-order valence-electron chi connectivity index (χ2n) is 4.92. The summed E-state index contributed by atoms with van der Waals surface area (Å²) in [5.74, 6) is -0.446. The summed E-state index contributed by atoms with van der Waals surface area (Å²) in [5, 5.41) is 9.15. The van der Waals surface area contributed by atoms with Gasteiger partial charge in [-0.25, -0.2) is 0 Å². The lowest BCUT2D eigenvalue weighted by molar-refractivity contribution is -0.130. The zero-order chi connectivity index (χ0) is 13.0. The molecule has 1 aliphatic rings. The Labute approximate surface area is 107 Å². The van der Waals surface area contributed by atoms with E-state index in [0.29, 0.717) is 18.4 Å². The first-order chi connectivity index (χ1) is 8.70. The van der Waals surface area contributed by atoms with E-state index in [2.05, 4.69) is 0 Å². The predicted molar refractivity (Wildman–Crippen MR) is 68.4 cm³/mol. The summed E-state index contributed by atoms with van der Waals surface area (Å²) in [6.07, 6.45) is 3.96. The first-order valence-electron chi connectivity index (χ1n) is 6.45. The van der Waals surface area contributed by atoms with Gasteiger partial charge in [0.05, 0.1) is 5.41 Å². The number of carbonyl (C=O) groups is 2. The maximum Gasteiger partial charge on any atom is 0.176 e. The molecule has 3 nitrogen and oxygen atoms in total. The molecule has 0 aliphatic heterocycles. The van der Waals surface area contributed by atoms with E-state index in [1.165, 1.54) is 0 Å². The fraction of sp³-hybridized carbons (Fsp3) is 0.467. The van der Waals surface area contributed by atoms with E-state index in [1.54, 1.807) is 24.3 Å². The minimum Gasteiger partial charge on any atom is -0.389 e. The van der Waals surface area contributed by atoms with Crippen LogP contribution >= 0.6 is 0 Å². The summed E-state index contributed by atoms with van der Waals surface area (Å²) < 4.78 is 0. The van der Waals surface area contributed by atoms with E-state index >= 15 is 0 Å². The lowest BCUT2D eigenvalue weighted by Crippen LogP contribution is -2.42. The standard InChI is InChI=1S/C15H18O3/c16-11-13(17)15(9-5-2-6-10-15)14(18)12-7-3-1-4-8-12/h1,3-4,7-8,16H,2,5-6,9-11H2. The van der Waals surface area contributed by atoms with Crippen LogP contribution in [0, 0.1) is 5.41 Å². The van der Waals surface area contributed by atoms with Crippen molar-refractivity contribution in [2.24, 2.45) is 5.41 Å². The number of Topliss-reactive ketones (excluding diaryl/α,β-unsaturated/α-hetero) is 2. The summed E-state index contributed by atoms with van der Waals surface area (Å²) in [4.78, 5) is 24.6. The van der Waals surface area contributed by atoms with Gasteiger partial charge < -0.3 is 5.11 Å². The third kappa shape index (κ3) is 2.23. The van der Waals surface area contributed by atoms with E-state index in [9.17, 15) is 9.59 Å². The van der Waals surface area contributed by atoms with Crippen molar-refractivity contribution in [3.05, 3.63) is 35.9 Å². The number of aliphatic hydroxyl groups excluding tert-OH is 1. The number of aliphatic hydroxyl groups is 1. The van der Waals surface area contributed by atoms with Crippen molar-refractivity contribution in [2.75, 3.05) is 6.61 Å². The van der Waals surface area contributed by atoms with Crippen LogP contribution in [0.5, 0.6) is 0 Å². The molecule has 0 heterocycles. The van der Waals surface area contributed by atoms with Crippen LogP contribution in [0.15, 0.2) is 30.3 Å². The molecule has 1 fully saturated rings. The molecule has 2 rings (SSSR count). The van der Waals surface area contributed by atoms with Crippen molar-refractivity contribution in [1.82, 2.24) is 0 Å². The minimum absolute atomic E-state index is 0.123. The Hall–Kier alpha value is -1.48. The van der Waals surface area contributed by atoms with Crippen LogP contribution in [-0.2, 0) is 4.79 Å². The Kier molecular flexibility index (Phi) is 3.92. The van der Waals surface area contributed by atoms with Gasteiger partial charge in [0.1, 0.15) is 6.61 Å². The van der Waals surface area contributed by atoms with Crippen LogP contribution in [0.4, 0.5) is 0 Å². The van der Waals surface area contributed by atoms with E-state index in [-0.39, 0.29) is 11.6 Å². The Morgan fingerprint density at radius 2 is 1.67 bits per heavy atom. The number of ketones is 2. The van der Waals surface area contributed by atoms with Crippen molar-refractivity contribution in [1.29, 1.82) is 0 Å². The second-order valence-corrected chi connectivity index (χ2v) is 4.92. The maximum absolute atomic E-state index is 12.6. The molecule has 0 radical (unpaired) electrons. The molecule has 0 amide bonds. The lowest BCUT2D eigenvalue weighted by atomic mass is 9.67. The van der Waals surface area contributed by atoms with Crippen molar-refractivity contribution >= 4 is 11.6 Å². The molecule has 1 N–H and O–H groups in total. The highest BCUT2D eigenvalue weighted by Crippen LogP contribution is 2.40. The topological polar surface area (TPSA) is 54.4 Å². The molecule has 0 unspecified atom stereocenters. The average molecular weight is 246 g/mol. The summed E-state index contributed by atoms with van der Waals surface area (Å²) in [7, 11) is 0. The molecular weight excluding hydrogens is 228 g/mol. The van der Waals surface area contributed by atoms with Crippen LogP contribution in [0.3, 0.4) is 0 Å². The first kappa shape index (κ1) is 13.0. The van der Waals surface area contributed by atoms with Crippen molar-refractivity contribution in [3.63, 3.8) is 0 Å². The number of carbonyl (C=O) groups excluding carboxylic acids is 2. The fourth-order valence-corrected chi connectivity index (χ4v) is 2.81. The Morgan fingerprint density at radius 1 is 1.06 bits per heavy atom. The van der Waals surface area contributed by atoms with Gasteiger partial charge in [0.2, 0.25) is 0 Å². The van der Waals surface area contributed by atoms with Gasteiger partial charge in [-0.3, -0.25) is 9.59 Å². The van der Waals surface area contributed by atoms with Gasteiger partial charge in [-0.1, -0.05) is 49.6 Å². The van der Waals surface area contributed by atoms with Crippen molar-refractivity contribution < 1.29 is 14.7 Å². The largest absolute Gasteiger partial charge is 0.389 e. The Bertz CT molecular complexity index is 430. The summed E-state index contributed by atoms with van der Waals surface area (Å²) >= 11 is 0. The highest BCUT2D eigenvalue weighted by Gasteiger charge is 2.45. The van der Waals surface area contributed by atoms with Crippen LogP contribution in [0.2, 0.25) is 0 Å². The molecule has 18 heavy (non-hydrogen) atoms. The van der Waals surface area contributed by atoms with Crippen LogP contribution in [0.1, 0.15) is 42.5 Å². The van der Waals surface area contributed by atoms with Gasteiger partial charge in [-0.2, -0.15) is 0 Å². The molecule has 1 aliphatic carbocycles. The molecule has 1 aromatic rings. The second kappa shape index (κ2) is 5.44. The molecule has 96 valence electrons. The van der Waals surface area contributed by atoms with Crippen LogP contribution in [0.25, 0.3) is 0 Å². The van der Waals surface area contributed by atoms with Gasteiger partial charge in [0.15, 0.2) is 11.6 Å². The molecule has 0 spiro atoms. The van der Waals surface area contributed by atoms with Gasteiger partial charge in [-0.05, 0) is 12.8 Å². The minimum atomic E-state index is -0.978. The quantitative estimate of drug-likeness (QED) is 0.655. The van der Waals surface area contributed by atoms with Gasteiger partial charge in [-0.15, -0.1) is 0 Å². The zero-order valence-corrected chi connectivity index (χ0v) is 10.4. The van der Waals surface area contributed by atoms with Crippen LogP contribution < -0.4 is 0 Å². The summed E-state index contributed by atoms with van der Waals surface area (Å²) in [6, 6.07) is 8.92. The number of benzene rings is 1. The van der Waals surface area contributed by atoms with Gasteiger partial charge in [0, 0.05) is 5.56 Å². The maximum atomic E-state index is 12.6. The number of hydrogen-bond donors (Lipinski definition) is 1.